The van der Waals surface area contributed by atoms with Gasteiger partial charge >= 0.3 is 0 Å². The van der Waals surface area contributed by atoms with Crippen LogP contribution in [0.4, 0.5) is 5.82 Å². The van der Waals surface area contributed by atoms with Crippen molar-refractivity contribution in [1.29, 1.82) is 0 Å². The van der Waals surface area contributed by atoms with E-state index in [9.17, 15) is 4.79 Å². The van der Waals surface area contributed by atoms with E-state index < -0.39 is 0 Å². The van der Waals surface area contributed by atoms with Gasteiger partial charge in [0.2, 0.25) is 0 Å². The summed E-state index contributed by atoms with van der Waals surface area (Å²) in [4.78, 5) is 21.3. The summed E-state index contributed by atoms with van der Waals surface area (Å²) < 4.78 is 0. The molecule has 27 heavy (non-hydrogen) atoms. The fourth-order valence-electron chi connectivity index (χ4n) is 3.31. The minimum Gasteiger partial charge on any atom is -0.353 e. The second kappa shape index (κ2) is 7.80. The van der Waals surface area contributed by atoms with Gasteiger partial charge in [-0.1, -0.05) is 54.1 Å². The first-order chi connectivity index (χ1) is 13.2. The summed E-state index contributed by atoms with van der Waals surface area (Å²) in [5, 5.41) is 0.631. The molecule has 136 valence electrons. The predicted octanol–water partition coefficient (Wildman–Crippen LogP) is 4.36. The summed E-state index contributed by atoms with van der Waals surface area (Å²) in [5.74, 6) is 0.983. The zero-order chi connectivity index (χ0) is 18.6. The van der Waals surface area contributed by atoms with Gasteiger partial charge in [-0.3, -0.25) is 4.79 Å². The number of aromatic nitrogens is 1. The molecule has 0 saturated carbocycles. The third kappa shape index (κ3) is 3.96. The molecule has 1 aliphatic rings. The second-order valence-corrected chi connectivity index (χ2v) is 6.99. The molecule has 5 heteroatoms. The molecule has 4 nitrogen and oxygen atoms in total. The summed E-state index contributed by atoms with van der Waals surface area (Å²) in [7, 11) is 0. The number of piperazine rings is 1. The number of carbonyl (C=O) groups excluding carboxylic acids is 1. The van der Waals surface area contributed by atoms with Crippen LogP contribution in [0.25, 0.3) is 11.1 Å². The maximum atomic E-state index is 12.8. The lowest BCUT2D eigenvalue weighted by Gasteiger charge is -2.35. The van der Waals surface area contributed by atoms with Crippen molar-refractivity contribution in [3.05, 3.63) is 83.5 Å². The highest BCUT2D eigenvalue weighted by Crippen LogP contribution is 2.21. The molecule has 1 aliphatic heterocycles. The average Bonchev–Trinajstić information content (AvgIpc) is 2.75. The third-order valence-corrected chi connectivity index (χ3v) is 5.07. The van der Waals surface area contributed by atoms with Gasteiger partial charge in [0.15, 0.2) is 0 Å². The third-order valence-electron chi connectivity index (χ3n) is 4.84. The molecule has 0 spiro atoms. The summed E-state index contributed by atoms with van der Waals surface area (Å²) in [6.07, 6.45) is 1.66. The SMILES string of the molecule is O=C(c1ccc(-c2ccccc2)cc1)N1CCN(c2ccc(Cl)cn2)CC1. The Morgan fingerprint density at radius 2 is 1.48 bits per heavy atom. The molecule has 0 N–H and O–H groups in total. The molecule has 1 amide bonds. The van der Waals surface area contributed by atoms with Crippen LogP contribution in [0.1, 0.15) is 10.4 Å². The van der Waals surface area contributed by atoms with Crippen LogP contribution < -0.4 is 4.90 Å². The number of halogens is 1. The summed E-state index contributed by atoms with van der Waals surface area (Å²) >= 11 is 5.90. The Hall–Kier alpha value is -2.85. The van der Waals surface area contributed by atoms with E-state index in [1.54, 1.807) is 6.20 Å². The smallest absolute Gasteiger partial charge is 0.253 e. The highest BCUT2D eigenvalue weighted by Gasteiger charge is 2.22. The number of pyridine rings is 1. The Balaban J connectivity index is 1.40. The lowest BCUT2D eigenvalue weighted by atomic mass is 10.0. The number of rotatable bonds is 3. The van der Waals surface area contributed by atoms with Gasteiger partial charge in [0.25, 0.3) is 5.91 Å². The van der Waals surface area contributed by atoms with Crippen molar-refractivity contribution in [3.8, 4) is 11.1 Å². The number of carbonyl (C=O) groups is 1. The van der Waals surface area contributed by atoms with Gasteiger partial charge in [-0.05, 0) is 35.4 Å². The largest absolute Gasteiger partial charge is 0.353 e. The first-order valence-corrected chi connectivity index (χ1v) is 9.40. The zero-order valence-corrected chi connectivity index (χ0v) is 15.6. The second-order valence-electron chi connectivity index (χ2n) is 6.56. The van der Waals surface area contributed by atoms with Crippen molar-refractivity contribution in [2.45, 2.75) is 0 Å². The first kappa shape index (κ1) is 17.6. The highest BCUT2D eigenvalue weighted by atomic mass is 35.5. The van der Waals surface area contributed by atoms with Crippen molar-refractivity contribution < 1.29 is 4.79 Å². The van der Waals surface area contributed by atoms with E-state index in [2.05, 4.69) is 22.0 Å². The molecule has 0 unspecified atom stereocenters. The zero-order valence-electron chi connectivity index (χ0n) is 14.9. The fourth-order valence-corrected chi connectivity index (χ4v) is 3.42. The van der Waals surface area contributed by atoms with Crippen molar-refractivity contribution in [3.63, 3.8) is 0 Å². The normalized spacial score (nSPS) is 14.3. The minimum atomic E-state index is 0.0818. The standard InChI is InChI=1S/C22H20ClN3O/c23-20-10-11-21(24-16-20)25-12-14-26(15-13-25)22(27)19-8-6-18(7-9-19)17-4-2-1-3-5-17/h1-11,16H,12-15H2. The van der Waals surface area contributed by atoms with E-state index >= 15 is 0 Å². The molecule has 0 atom stereocenters. The lowest BCUT2D eigenvalue weighted by molar-refractivity contribution is 0.0746. The molecule has 1 fully saturated rings. The molecule has 0 radical (unpaired) electrons. The quantitative estimate of drug-likeness (QED) is 0.680. The Morgan fingerprint density at radius 1 is 0.815 bits per heavy atom. The van der Waals surface area contributed by atoms with E-state index in [4.69, 9.17) is 11.6 Å². The number of nitrogens with zero attached hydrogens (tertiary/aromatic N) is 3. The topological polar surface area (TPSA) is 36.4 Å². The van der Waals surface area contributed by atoms with Gasteiger partial charge in [0, 0.05) is 37.9 Å². The van der Waals surface area contributed by atoms with Crippen LogP contribution in [0.3, 0.4) is 0 Å². The van der Waals surface area contributed by atoms with E-state index in [0.717, 1.165) is 35.6 Å². The molecular weight excluding hydrogens is 358 g/mol. The summed E-state index contributed by atoms with van der Waals surface area (Å²) in [6.45, 7) is 2.90. The summed E-state index contributed by atoms with van der Waals surface area (Å²) in [5.41, 5.74) is 3.00. The van der Waals surface area contributed by atoms with Crippen LogP contribution in [0.2, 0.25) is 5.02 Å². The van der Waals surface area contributed by atoms with Gasteiger partial charge in [-0.2, -0.15) is 0 Å². The van der Waals surface area contributed by atoms with Gasteiger partial charge in [0.1, 0.15) is 5.82 Å². The van der Waals surface area contributed by atoms with Crippen molar-refractivity contribution in [2.75, 3.05) is 31.1 Å². The Morgan fingerprint density at radius 3 is 2.11 bits per heavy atom. The lowest BCUT2D eigenvalue weighted by Crippen LogP contribution is -2.49. The monoisotopic (exact) mass is 377 g/mol. The predicted molar refractivity (Wildman–Crippen MR) is 109 cm³/mol. The fraction of sp³-hybridized carbons (Fsp3) is 0.182. The number of benzene rings is 2. The van der Waals surface area contributed by atoms with Crippen molar-refractivity contribution >= 4 is 23.3 Å². The molecule has 2 aromatic carbocycles. The van der Waals surface area contributed by atoms with Gasteiger partial charge in [-0.15, -0.1) is 0 Å². The van der Waals surface area contributed by atoms with Crippen LogP contribution in [-0.2, 0) is 0 Å². The Labute approximate surface area is 164 Å². The molecule has 2 heterocycles. The number of hydrogen-bond donors (Lipinski definition) is 0. The molecular formula is C22H20ClN3O. The van der Waals surface area contributed by atoms with Crippen molar-refractivity contribution in [1.82, 2.24) is 9.88 Å². The van der Waals surface area contributed by atoms with Crippen LogP contribution in [-0.4, -0.2) is 42.0 Å². The van der Waals surface area contributed by atoms with Crippen LogP contribution >= 0.6 is 11.6 Å². The van der Waals surface area contributed by atoms with Crippen LogP contribution in [0.15, 0.2) is 72.9 Å². The average molecular weight is 378 g/mol. The van der Waals surface area contributed by atoms with E-state index in [-0.39, 0.29) is 5.91 Å². The number of anilines is 1. The molecule has 0 bridgehead atoms. The van der Waals surface area contributed by atoms with E-state index in [1.807, 2.05) is 59.5 Å². The maximum Gasteiger partial charge on any atom is 0.253 e. The van der Waals surface area contributed by atoms with Crippen LogP contribution in [0.5, 0.6) is 0 Å². The first-order valence-electron chi connectivity index (χ1n) is 9.02. The number of hydrogen-bond acceptors (Lipinski definition) is 3. The highest BCUT2D eigenvalue weighted by molar-refractivity contribution is 6.30. The minimum absolute atomic E-state index is 0.0818. The summed E-state index contributed by atoms with van der Waals surface area (Å²) in [6, 6.07) is 21.8. The maximum absolute atomic E-state index is 12.8. The molecule has 1 aromatic heterocycles. The Bertz CT molecular complexity index is 903. The van der Waals surface area contributed by atoms with E-state index in [0.29, 0.717) is 18.1 Å². The molecule has 4 rings (SSSR count). The Kier molecular flexibility index (Phi) is 5.07. The number of amides is 1. The van der Waals surface area contributed by atoms with Gasteiger partial charge < -0.3 is 9.80 Å². The molecule has 1 saturated heterocycles. The van der Waals surface area contributed by atoms with Gasteiger partial charge in [-0.25, -0.2) is 4.98 Å². The van der Waals surface area contributed by atoms with E-state index in [1.165, 1.54) is 0 Å². The van der Waals surface area contributed by atoms with Crippen LogP contribution in [0, 0.1) is 0 Å². The van der Waals surface area contributed by atoms with Gasteiger partial charge in [0.05, 0.1) is 5.02 Å². The van der Waals surface area contributed by atoms with Crippen molar-refractivity contribution in [2.24, 2.45) is 0 Å². The molecule has 3 aromatic rings. The molecule has 0 aliphatic carbocycles.